The zero-order valence-corrected chi connectivity index (χ0v) is 11.9. The van der Waals surface area contributed by atoms with Crippen molar-refractivity contribution in [3.05, 3.63) is 29.3 Å². The van der Waals surface area contributed by atoms with Gasteiger partial charge in [0.2, 0.25) is 0 Å². The molecule has 0 N–H and O–H groups in total. The number of carbonyl (C=O) groups is 1. The Bertz CT molecular complexity index is 462. The first kappa shape index (κ1) is 13.1. The molecule has 0 unspecified atom stereocenters. The number of piperidine rings is 1. The SMILES string of the molecule is CCc1cccc(C)c1N1CC(=O)CCC1(C)C. The number of hydrogen-bond donors (Lipinski definition) is 0. The molecule has 2 nitrogen and oxygen atoms in total. The summed E-state index contributed by atoms with van der Waals surface area (Å²) >= 11 is 0. The Morgan fingerprint density at radius 3 is 2.72 bits per heavy atom. The molecular formula is C16H23NO. The van der Waals surface area contributed by atoms with Gasteiger partial charge in [-0.2, -0.15) is 0 Å². The molecule has 2 heteroatoms. The van der Waals surface area contributed by atoms with E-state index in [2.05, 4.69) is 50.8 Å². The number of benzene rings is 1. The van der Waals surface area contributed by atoms with Crippen molar-refractivity contribution in [2.75, 3.05) is 11.4 Å². The zero-order valence-electron chi connectivity index (χ0n) is 11.9. The van der Waals surface area contributed by atoms with Crippen molar-refractivity contribution in [1.29, 1.82) is 0 Å². The molecule has 0 amide bonds. The highest BCUT2D eigenvalue weighted by molar-refractivity contribution is 5.86. The largest absolute Gasteiger partial charge is 0.359 e. The summed E-state index contributed by atoms with van der Waals surface area (Å²) in [6.07, 6.45) is 2.68. The number of Topliss-reactive ketones (excluding diaryl/α,β-unsaturated/α-hetero) is 1. The molecule has 1 aromatic rings. The number of rotatable bonds is 2. The Morgan fingerprint density at radius 2 is 2.06 bits per heavy atom. The van der Waals surface area contributed by atoms with Crippen LogP contribution in [0.1, 0.15) is 44.7 Å². The van der Waals surface area contributed by atoms with Crippen LogP contribution in [0.4, 0.5) is 5.69 Å². The van der Waals surface area contributed by atoms with Gasteiger partial charge in [-0.25, -0.2) is 0 Å². The van der Waals surface area contributed by atoms with Crippen LogP contribution >= 0.6 is 0 Å². The molecule has 0 spiro atoms. The van der Waals surface area contributed by atoms with E-state index in [0.29, 0.717) is 12.3 Å². The molecule has 1 aliphatic rings. The topological polar surface area (TPSA) is 20.3 Å². The number of ketones is 1. The Kier molecular flexibility index (Phi) is 3.47. The third-order valence-electron chi connectivity index (χ3n) is 4.05. The van der Waals surface area contributed by atoms with Gasteiger partial charge in [-0.1, -0.05) is 25.1 Å². The average molecular weight is 245 g/mol. The molecule has 1 saturated heterocycles. The monoisotopic (exact) mass is 245 g/mol. The molecule has 18 heavy (non-hydrogen) atoms. The van der Waals surface area contributed by atoms with Gasteiger partial charge < -0.3 is 4.90 Å². The zero-order chi connectivity index (χ0) is 13.3. The van der Waals surface area contributed by atoms with Crippen molar-refractivity contribution in [2.45, 2.75) is 52.5 Å². The van der Waals surface area contributed by atoms with Gasteiger partial charge in [-0.15, -0.1) is 0 Å². The predicted molar refractivity (Wildman–Crippen MR) is 76.2 cm³/mol. The molecule has 1 fully saturated rings. The molecular weight excluding hydrogens is 222 g/mol. The lowest BCUT2D eigenvalue weighted by molar-refractivity contribution is -0.119. The van der Waals surface area contributed by atoms with E-state index in [1.54, 1.807) is 0 Å². The molecule has 0 aliphatic carbocycles. The van der Waals surface area contributed by atoms with E-state index in [9.17, 15) is 4.79 Å². The van der Waals surface area contributed by atoms with Crippen LogP contribution in [0, 0.1) is 6.92 Å². The number of para-hydroxylation sites is 1. The summed E-state index contributed by atoms with van der Waals surface area (Å²) in [4.78, 5) is 14.1. The van der Waals surface area contributed by atoms with E-state index in [1.165, 1.54) is 16.8 Å². The van der Waals surface area contributed by atoms with E-state index in [-0.39, 0.29) is 5.54 Å². The molecule has 1 aliphatic heterocycles. The summed E-state index contributed by atoms with van der Waals surface area (Å²) < 4.78 is 0. The molecule has 0 saturated carbocycles. The summed E-state index contributed by atoms with van der Waals surface area (Å²) in [7, 11) is 0. The highest BCUT2D eigenvalue weighted by Gasteiger charge is 2.34. The van der Waals surface area contributed by atoms with E-state index in [4.69, 9.17) is 0 Å². The second-order valence-corrected chi connectivity index (χ2v) is 5.87. The minimum atomic E-state index is 0.0734. The maximum atomic E-state index is 11.8. The lowest BCUT2D eigenvalue weighted by Gasteiger charge is -2.45. The van der Waals surface area contributed by atoms with Crippen molar-refractivity contribution in [2.24, 2.45) is 0 Å². The van der Waals surface area contributed by atoms with Gasteiger partial charge in [0.1, 0.15) is 0 Å². The van der Waals surface area contributed by atoms with Crippen LogP contribution in [0.2, 0.25) is 0 Å². The minimum Gasteiger partial charge on any atom is -0.359 e. The lowest BCUT2D eigenvalue weighted by atomic mass is 9.87. The van der Waals surface area contributed by atoms with Crippen LogP contribution in [0.3, 0.4) is 0 Å². The Hall–Kier alpha value is -1.31. The normalized spacial score (nSPS) is 19.1. The summed E-state index contributed by atoms with van der Waals surface area (Å²) in [5.41, 5.74) is 3.97. The number of aryl methyl sites for hydroxylation is 2. The highest BCUT2D eigenvalue weighted by atomic mass is 16.1. The van der Waals surface area contributed by atoms with E-state index in [1.807, 2.05) is 0 Å². The molecule has 0 radical (unpaired) electrons. The highest BCUT2D eigenvalue weighted by Crippen LogP contribution is 2.35. The molecule has 1 aromatic carbocycles. The Morgan fingerprint density at radius 1 is 1.33 bits per heavy atom. The van der Waals surface area contributed by atoms with Crippen LogP contribution in [0.15, 0.2) is 18.2 Å². The molecule has 98 valence electrons. The smallest absolute Gasteiger partial charge is 0.152 e. The molecule has 0 bridgehead atoms. The second-order valence-electron chi connectivity index (χ2n) is 5.87. The summed E-state index contributed by atoms with van der Waals surface area (Å²) in [5, 5.41) is 0. The fraction of sp³-hybridized carbons (Fsp3) is 0.562. The van der Waals surface area contributed by atoms with Crippen molar-refractivity contribution < 1.29 is 4.79 Å². The van der Waals surface area contributed by atoms with Gasteiger partial charge in [-0.3, -0.25) is 4.79 Å². The van der Waals surface area contributed by atoms with Crippen LogP contribution in [0.5, 0.6) is 0 Å². The first-order valence-corrected chi connectivity index (χ1v) is 6.83. The third-order valence-corrected chi connectivity index (χ3v) is 4.05. The first-order valence-electron chi connectivity index (χ1n) is 6.83. The maximum Gasteiger partial charge on any atom is 0.152 e. The van der Waals surface area contributed by atoms with Crippen LogP contribution in [0.25, 0.3) is 0 Å². The molecule has 1 heterocycles. The molecule has 0 aromatic heterocycles. The minimum absolute atomic E-state index is 0.0734. The first-order chi connectivity index (χ1) is 8.45. The fourth-order valence-corrected chi connectivity index (χ4v) is 2.82. The number of carbonyl (C=O) groups excluding carboxylic acids is 1. The second kappa shape index (κ2) is 4.75. The maximum absolute atomic E-state index is 11.8. The Balaban J connectivity index is 2.49. The summed E-state index contributed by atoms with van der Waals surface area (Å²) in [6.45, 7) is 9.36. The van der Waals surface area contributed by atoms with Crippen LogP contribution in [-0.4, -0.2) is 17.9 Å². The van der Waals surface area contributed by atoms with Gasteiger partial charge >= 0.3 is 0 Å². The van der Waals surface area contributed by atoms with Crippen molar-refractivity contribution in [1.82, 2.24) is 0 Å². The fourth-order valence-electron chi connectivity index (χ4n) is 2.82. The molecule has 2 rings (SSSR count). The third kappa shape index (κ3) is 2.29. The van der Waals surface area contributed by atoms with Gasteiger partial charge in [0.15, 0.2) is 5.78 Å². The van der Waals surface area contributed by atoms with Gasteiger partial charge in [0, 0.05) is 17.6 Å². The predicted octanol–water partition coefficient (Wildman–Crippen LogP) is 3.51. The van der Waals surface area contributed by atoms with E-state index < -0.39 is 0 Å². The Labute approximate surface area is 110 Å². The number of hydrogen-bond acceptors (Lipinski definition) is 2. The number of anilines is 1. The van der Waals surface area contributed by atoms with Crippen molar-refractivity contribution in [3.8, 4) is 0 Å². The standard InChI is InChI=1S/C16H23NO/c1-5-13-8-6-7-12(2)15(13)17-11-14(18)9-10-16(17,3)4/h6-8H,5,9-11H2,1-4H3. The van der Waals surface area contributed by atoms with Crippen molar-refractivity contribution >= 4 is 11.5 Å². The van der Waals surface area contributed by atoms with Gasteiger partial charge in [0.05, 0.1) is 6.54 Å². The summed E-state index contributed by atoms with van der Waals surface area (Å²) in [6, 6.07) is 6.43. The average Bonchev–Trinajstić information content (AvgIpc) is 2.32. The number of nitrogens with zero attached hydrogens (tertiary/aromatic N) is 1. The van der Waals surface area contributed by atoms with Gasteiger partial charge in [-0.05, 0) is 44.7 Å². The van der Waals surface area contributed by atoms with Crippen molar-refractivity contribution in [3.63, 3.8) is 0 Å². The van der Waals surface area contributed by atoms with E-state index in [0.717, 1.165) is 19.3 Å². The lowest BCUT2D eigenvalue weighted by Crippen LogP contribution is -2.51. The van der Waals surface area contributed by atoms with E-state index >= 15 is 0 Å². The quantitative estimate of drug-likeness (QED) is 0.794. The van der Waals surface area contributed by atoms with Gasteiger partial charge in [0.25, 0.3) is 0 Å². The molecule has 0 atom stereocenters. The van der Waals surface area contributed by atoms with Crippen LogP contribution in [-0.2, 0) is 11.2 Å². The van der Waals surface area contributed by atoms with Crippen LogP contribution < -0.4 is 4.90 Å². The summed E-state index contributed by atoms with van der Waals surface area (Å²) in [5.74, 6) is 0.361.